The molecule has 1 aliphatic heterocycles. The fraction of sp³-hybridized carbons (Fsp3) is 0.889. The normalized spacial score (nSPS) is 24.7. The average molecular weight is 190 g/mol. The molecule has 0 bridgehead atoms. The summed E-state index contributed by atoms with van der Waals surface area (Å²) in [7, 11) is 0. The summed E-state index contributed by atoms with van der Waals surface area (Å²) in [5, 5.41) is 3.28. The van der Waals surface area contributed by atoms with Gasteiger partial charge in [0.2, 0.25) is 0 Å². The van der Waals surface area contributed by atoms with Gasteiger partial charge in [0.25, 0.3) is 0 Å². The Hall–Kier alpha value is -0.0800. The average Bonchev–Trinajstić information content (AvgIpc) is 2.87. The van der Waals surface area contributed by atoms with E-state index in [4.69, 9.17) is 0 Å². The number of hydrogen-bond donors (Lipinski definition) is 1. The van der Waals surface area contributed by atoms with Gasteiger partial charge in [-0.15, -0.1) is 12.4 Å². The quantitative estimate of drug-likeness (QED) is 0.712. The third kappa shape index (κ3) is 2.20. The lowest BCUT2D eigenvalue weighted by atomic mass is 9.91. The molecule has 2 fully saturated rings. The van der Waals surface area contributed by atoms with Crippen LogP contribution in [0.2, 0.25) is 0 Å². The number of ketones is 1. The summed E-state index contributed by atoms with van der Waals surface area (Å²) >= 11 is 0. The van der Waals surface area contributed by atoms with Crippen LogP contribution < -0.4 is 5.32 Å². The number of carbonyl (C=O) groups excluding carboxylic acids is 1. The number of piperidine rings is 1. The van der Waals surface area contributed by atoms with Crippen LogP contribution >= 0.6 is 12.4 Å². The van der Waals surface area contributed by atoms with E-state index >= 15 is 0 Å². The van der Waals surface area contributed by atoms with E-state index in [9.17, 15) is 4.79 Å². The Morgan fingerprint density at radius 1 is 1.00 bits per heavy atom. The lowest BCUT2D eigenvalue weighted by Gasteiger charge is -2.20. The van der Waals surface area contributed by atoms with Gasteiger partial charge in [-0.3, -0.25) is 4.79 Å². The Balaban J connectivity index is 0.000000720. The molecule has 1 heterocycles. The van der Waals surface area contributed by atoms with Crippen molar-refractivity contribution in [2.45, 2.75) is 25.7 Å². The Morgan fingerprint density at radius 2 is 1.50 bits per heavy atom. The van der Waals surface area contributed by atoms with E-state index in [1.165, 1.54) is 12.8 Å². The minimum absolute atomic E-state index is 0. The highest BCUT2D eigenvalue weighted by Gasteiger charge is 2.34. The first-order valence-electron chi connectivity index (χ1n) is 4.62. The molecule has 2 aliphatic rings. The standard InChI is InChI=1S/C9H15NO.ClH/c11-9(7-1-2-7)8-3-5-10-6-4-8;/h7-8,10H,1-6H2;1H. The third-order valence-electron chi connectivity index (χ3n) is 2.72. The molecule has 1 aliphatic carbocycles. The largest absolute Gasteiger partial charge is 0.317 e. The van der Waals surface area contributed by atoms with E-state index in [-0.39, 0.29) is 12.4 Å². The van der Waals surface area contributed by atoms with Gasteiger partial charge in [0.15, 0.2) is 0 Å². The van der Waals surface area contributed by atoms with Crippen LogP contribution in [0.3, 0.4) is 0 Å². The molecule has 0 aromatic rings. The van der Waals surface area contributed by atoms with Gasteiger partial charge in [0.05, 0.1) is 0 Å². The summed E-state index contributed by atoms with van der Waals surface area (Å²) in [5.41, 5.74) is 0. The van der Waals surface area contributed by atoms with Crippen molar-refractivity contribution < 1.29 is 4.79 Å². The molecule has 0 spiro atoms. The summed E-state index contributed by atoms with van der Waals surface area (Å²) < 4.78 is 0. The van der Waals surface area contributed by atoms with Crippen LogP contribution in [0.5, 0.6) is 0 Å². The van der Waals surface area contributed by atoms with Crippen LogP contribution in [-0.2, 0) is 4.79 Å². The first-order chi connectivity index (χ1) is 5.38. The first kappa shape index (κ1) is 10.0. The Morgan fingerprint density at radius 3 is 2.00 bits per heavy atom. The molecular weight excluding hydrogens is 174 g/mol. The molecule has 12 heavy (non-hydrogen) atoms. The Bertz CT molecular complexity index is 162. The molecule has 0 aromatic carbocycles. The van der Waals surface area contributed by atoms with Gasteiger partial charge < -0.3 is 5.32 Å². The highest BCUT2D eigenvalue weighted by atomic mass is 35.5. The van der Waals surface area contributed by atoms with E-state index in [2.05, 4.69) is 5.32 Å². The van der Waals surface area contributed by atoms with Crippen LogP contribution in [0.25, 0.3) is 0 Å². The second-order valence-electron chi connectivity index (χ2n) is 3.70. The highest BCUT2D eigenvalue weighted by Crippen LogP contribution is 2.34. The number of rotatable bonds is 2. The van der Waals surface area contributed by atoms with Crippen molar-refractivity contribution in [3.63, 3.8) is 0 Å². The van der Waals surface area contributed by atoms with Gasteiger partial charge >= 0.3 is 0 Å². The van der Waals surface area contributed by atoms with Gasteiger partial charge in [-0.25, -0.2) is 0 Å². The van der Waals surface area contributed by atoms with Gasteiger partial charge in [0, 0.05) is 11.8 Å². The van der Waals surface area contributed by atoms with Crippen molar-refractivity contribution in [1.29, 1.82) is 0 Å². The molecule has 3 heteroatoms. The lowest BCUT2D eigenvalue weighted by Crippen LogP contribution is -2.32. The molecule has 0 atom stereocenters. The summed E-state index contributed by atoms with van der Waals surface area (Å²) in [5.74, 6) is 1.44. The van der Waals surface area contributed by atoms with Gasteiger partial charge in [-0.1, -0.05) is 0 Å². The van der Waals surface area contributed by atoms with E-state index in [0.717, 1.165) is 25.9 Å². The summed E-state index contributed by atoms with van der Waals surface area (Å²) in [4.78, 5) is 11.5. The molecule has 1 saturated carbocycles. The Kier molecular flexibility index (Phi) is 3.53. The zero-order chi connectivity index (χ0) is 7.68. The van der Waals surface area contributed by atoms with Gasteiger partial charge in [0.1, 0.15) is 5.78 Å². The predicted octanol–water partition coefficient (Wildman–Crippen LogP) is 1.39. The molecule has 70 valence electrons. The van der Waals surface area contributed by atoms with E-state index < -0.39 is 0 Å². The topological polar surface area (TPSA) is 29.1 Å². The minimum Gasteiger partial charge on any atom is -0.317 e. The van der Waals surface area contributed by atoms with Crippen LogP contribution in [0.1, 0.15) is 25.7 Å². The predicted molar refractivity (Wildman–Crippen MR) is 50.6 cm³/mol. The van der Waals surface area contributed by atoms with E-state index in [0.29, 0.717) is 17.6 Å². The number of Topliss-reactive ketones (excluding diaryl/α,β-unsaturated/α-hetero) is 1. The fourth-order valence-electron chi connectivity index (χ4n) is 1.81. The minimum atomic E-state index is 0. The number of nitrogens with one attached hydrogen (secondary N) is 1. The smallest absolute Gasteiger partial charge is 0.139 e. The zero-order valence-corrected chi connectivity index (χ0v) is 8.03. The maximum absolute atomic E-state index is 11.5. The monoisotopic (exact) mass is 189 g/mol. The zero-order valence-electron chi connectivity index (χ0n) is 7.21. The molecule has 0 unspecified atom stereocenters. The molecule has 2 rings (SSSR count). The molecule has 1 N–H and O–H groups in total. The van der Waals surface area contributed by atoms with Crippen molar-refractivity contribution in [2.24, 2.45) is 11.8 Å². The molecule has 0 aromatic heterocycles. The van der Waals surface area contributed by atoms with Crippen LogP contribution in [0.4, 0.5) is 0 Å². The molecule has 0 amide bonds. The van der Waals surface area contributed by atoms with Crippen LogP contribution in [0.15, 0.2) is 0 Å². The van der Waals surface area contributed by atoms with Gasteiger partial charge in [-0.05, 0) is 38.8 Å². The second-order valence-corrected chi connectivity index (χ2v) is 3.70. The van der Waals surface area contributed by atoms with Crippen molar-refractivity contribution in [1.82, 2.24) is 5.32 Å². The van der Waals surface area contributed by atoms with Crippen molar-refractivity contribution in [2.75, 3.05) is 13.1 Å². The van der Waals surface area contributed by atoms with Crippen molar-refractivity contribution in [3.8, 4) is 0 Å². The summed E-state index contributed by atoms with van der Waals surface area (Å²) in [6.45, 7) is 2.09. The summed E-state index contributed by atoms with van der Waals surface area (Å²) in [6, 6.07) is 0. The first-order valence-corrected chi connectivity index (χ1v) is 4.62. The number of halogens is 1. The molecule has 2 nitrogen and oxygen atoms in total. The third-order valence-corrected chi connectivity index (χ3v) is 2.72. The SMILES string of the molecule is Cl.O=C(C1CCNCC1)C1CC1. The number of carbonyl (C=O) groups is 1. The molecule has 0 radical (unpaired) electrons. The Labute approximate surface area is 79.5 Å². The van der Waals surface area contributed by atoms with E-state index in [1.807, 2.05) is 0 Å². The fourth-order valence-corrected chi connectivity index (χ4v) is 1.81. The van der Waals surface area contributed by atoms with Crippen molar-refractivity contribution in [3.05, 3.63) is 0 Å². The van der Waals surface area contributed by atoms with Crippen LogP contribution in [-0.4, -0.2) is 18.9 Å². The maximum atomic E-state index is 11.5. The summed E-state index contributed by atoms with van der Waals surface area (Å²) in [6.07, 6.45) is 4.50. The van der Waals surface area contributed by atoms with Gasteiger partial charge in [-0.2, -0.15) is 0 Å². The number of hydrogen-bond acceptors (Lipinski definition) is 2. The van der Waals surface area contributed by atoms with Crippen molar-refractivity contribution >= 4 is 18.2 Å². The second kappa shape index (κ2) is 4.24. The molecule has 1 saturated heterocycles. The highest BCUT2D eigenvalue weighted by molar-refractivity contribution is 5.85. The maximum Gasteiger partial charge on any atom is 0.139 e. The lowest BCUT2D eigenvalue weighted by molar-refractivity contribution is -0.124. The van der Waals surface area contributed by atoms with Crippen LogP contribution in [0, 0.1) is 11.8 Å². The van der Waals surface area contributed by atoms with E-state index in [1.54, 1.807) is 0 Å². The molecular formula is C9H16ClNO.